The van der Waals surface area contributed by atoms with Crippen LogP contribution < -0.4 is 5.73 Å². The van der Waals surface area contributed by atoms with Gasteiger partial charge in [0.2, 0.25) is 0 Å². The minimum absolute atomic E-state index is 0.148. The van der Waals surface area contributed by atoms with Crippen molar-refractivity contribution < 1.29 is 5.11 Å². The highest BCUT2D eigenvalue weighted by Crippen LogP contribution is 2.12. The van der Waals surface area contributed by atoms with Gasteiger partial charge in [0.25, 0.3) is 0 Å². The second-order valence-corrected chi connectivity index (χ2v) is 2.63. The minimum atomic E-state index is -0.148. The highest BCUT2D eigenvalue weighted by atomic mass is 31.1. The van der Waals surface area contributed by atoms with Crippen molar-refractivity contribution >= 4 is 8.58 Å². The fraction of sp³-hybridized carbons (Fsp3) is 1.00. The van der Waals surface area contributed by atoms with E-state index in [1.807, 2.05) is 6.66 Å². The van der Waals surface area contributed by atoms with Crippen LogP contribution in [0, 0.1) is 0 Å². The van der Waals surface area contributed by atoms with E-state index in [-0.39, 0.29) is 5.85 Å². The Morgan fingerprint density at radius 2 is 2.43 bits per heavy atom. The summed E-state index contributed by atoms with van der Waals surface area (Å²) in [6.07, 6.45) is 0.745. The van der Waals surface area contributed by atoms with E-state index in [0.717, 1.165) is 6.42 Å². The van der Waals surface area contributed by atoms with Gasteiger partial charge in [0, 0.05) is 0 Å². The number of aliphatic hydroxyl groups is 1. The lowest BCUT2D eigenvalue weighted by atomic mass is 10.5. The van der Waals surface area contributed by atoms with Crippen LogP contribution in [0.4, 0.5) is 0 Å². The molecule has 0 aromatic rings. The number of hydrogen-bond donors (Lipinski definition) is 2. The summed E-state index contributed by atoms with van der Waals surface area (Å²) in [5.41, 5.74) is 5.15. The summed E-state index contributed by atoms with van der Waals surface area (Å²) in [6.45, 7) is 2.57. The third-order valence-corrected chi connectivity index (χ3v) is 1.73. The SMILES string of the molecule is CPC(O)CCN. The molecule has 0 heterocycles. The summed E-state index contributed by atoms with van der Waals surface area (Å²) < 4.78 is 0. The van der Waals surface area contributed by atoms with E-state index in [1.165, 1.54) is 0 Å². The molecule has 0 saturated carbocycles. The summed E-state index contributed by atoms with van der Waals surface area (Å²) in [5, 5.41) is 8.79. The van der Waals surface area contributed by atoms with E-state index in [4.69, 9.17) is 10.8 Å². The summed E-state index contributed by atoms with van der Waals surface area (Å²) in [5.74, 6) is -0.148. The van der Waals surface area contributed by atoms with Crippen LogP contribution in [0.1, 0.15) is 6.42 Å². The molecule has 0 fully saturated rings. The lowest BCUT2D eigenvalue weighted by Crippen LogP contribution is -2.07. The molecule has 7 heavy (non-hydrogen) atoms. The molecule has 0 aliphatic rings. The molecule has 3 N–H and O–H groups in total. The molecule has 0 rings (SSSR count). The first-order valence-corrected chi connectivity index (χ1v) is 3.94. The predicted molar refractivity (Wildman–Crippen MR) is 33.9 cm³/mol. The van der Waals surface area contributed by atoms with E-state index < -0.39 is 0 Å². The molecule has 2 unspecified atom stereocenters. The molecule has 0 radical (unpaired) electrons. The summed E-state index contributed by atoms with van der Waals surface area (Å²) in [6, 6.07) is 0. The maximum Gasteiger partial charge on any atom is 0.0711 e. The van der Waals surface area contributed by atoms with Crippen LogP contribution >= 0.6 is 8.58 Å². The number of nitrogens with two attached hydrogens (primary N) is 1. The molecule has 0 aliphatic heterocycles. The first-order chi connectivity index (χ1) is 3.31. The third kappa shape index (κ3) is 4.20. The normalized spacial score (nSPS) is 15.9. The quantitative estimate of drug-likeness (QED) is 0.515. The average Bonchev–Trinajstić information content (AvgIpc) is 1.68. The highest BCUT2D eigenvalue weighted by Gasteiger charge is 1.94. The summed E-state index contributed by atoms with van der Waals surface area (Å²) in [4.78, 5) is 0. The standard InChI is InChI=1S/C4H12NOP/c1-7-4(6)2-3-5/h4,6-7H,2-3,5H2,1H3. The Morgan fingerprint density at radius 3 is 2.57 bits per heavy atom. The fourth-order valence-corrected chi connectivity index (χ4v) is 0.758. The van der Waals surface area contributed by atoms with Gasteiger partial charge in [0.05, 0.1) is 5.85 Å². The highest BCUT2D eigenvalue weighted by molar-refractivity contribution is 7.37. The Kier molecular flexibility index (Phi) is 4.73. The van der Waals surface area contributed by atoms with Crippen LogP contribution in [0.15, 0.2) is 0 Å². The van der Waals surface area contributed by atoms with Crippen molar-refractivity contribution in [3.8, 4) is 0 Å². The molecule has 44 valence electrons. The van der Waals surface area contributed by atoms with Gasteiger partial charge in [-0.3, -0.25) is 0 Å². The second kappa shape index (κ2) is 4.51. The van der Waals surface area contributed by atoms with Gasteiger partial charge in [-0.05, 0) is 19.6 Å². The number of aliphatic hydroxyl groups excluding tert-OH is 1. The lowest BCUT2D eigenvalue weighted by Gasteiger charge is -2.02. The molecule has 2 nitrogen and oxygen atoms in total. The number of rotatable bonds is 3. The zero-order chi connectivity index (χ0) is 5.70. The van der Waals surface area contributed by atoms with Gasteiger partial charge >= 0.3 is 0 Å². The zero-order valence-corrected chi connectivity index (χ0v) is 5.52. The summed E-state index contributed by atoms with van der Waals surface area (Å²) in [7, 11) is 0.614. The first-order valence-electron chi connectivity index (χ1n) is 2.36. The Hall–Kier alpha value is 0.350. The molecular weight excluding hydrogens is 109 g/mol. The first kappa shape index (κ1) is 7.35. The maximum absolute atomic E-state index is 8.79. The molecule has 0 bridgehead atoms. The molecule has 0 aromatic carbocycles. The Labute approximate surface area is 45.9 Å². The molecule has 3 heteroatoms. The second-order valence-electron chi connectivity index (χ2n) is 1.38. The maximum atomic E-state index is 8.79. The van der Waals surface area contributed by atoms with Gasteiger partial charge in [-0.1, -0.05) is 8.58 Å². The largest absolute Gasteiger partial charge is 0.389 e. The van der Waals surface area contributed by atoms with Gasteiger partial charge in [-0.25, -0.2) is 0 Å². The lowest BCUT2D eigenvalue weighted by molar-refractivity contribution is 0.253. The molecule has 0 aromatic heterocycles. The van der Waals surface area contributed by atoms with Gasteiger partial charge in [0.15, 0.2) is 0 Å². The molecule has 0 amide bonds. The van der Waals surface area contributed by atoms with E-state index in [2.05, 4.69) is 0 Å². The van der Waals surface area contributed by atoms with E-state index in [9.17, 15) is 0 Å². The fourth-order valence-electron chi connectivity index (χ4n) is 0.302. The van der Waals surface area contributed by atoms with Gasteiger partial charge < -0.3 is 10.8 Å². The van der Waals surface area contributed by atoms with Crippen LogP contribution in [-0.4, -0.2) is 24.2 Å². The van der Waals surface area contributed by atoms with Crippen molar-refractivity contribution in [2.45, 2.75) is 12.3 Å². The topological polar surface area (TPSA) is 46.2 Å². The van der Waals surface area contributed by atoms with E-state index in [1.54, 1.807) is 0 Å². The van der Waals surface area contributed by atoms with E-state index in [0.29, 0.717) is 15.1 Å². The predicted octanol–water partition coefficient (Wildman–Crippen LogP) is -0.0381. The zero-order valence-electron chi connectivity index (χ0n) is 4.52. The Bertz CT molecular complexity index is 42.7. The van der Waals surface area contributed by atoms with Crippen LogP contribution in [0.3, 0.4) is 0 Å². The van der Waals surface area contributed by atoms with Crippen molar-refractivity contribution in [2.24, 2.45) is 5.73 Å². The average molecular weight is 121 g/mol. The van der Waals surface area contributed by atoms with Crippen LogP contribution in [-0.2, 0) is 0 Å². The van der Waals surface area contributed by atoms with Crippen molar-refractivity contribution in [1.29, 1.82) is 0 Å². The smallest absolute Gasteiger partial charge is 0.0711 e. The molecule has 2 atom stereocenters. The summed E-state index contributed by atoms with van der Waals surface area (Å²) >= 11 is 0. The molecule has 0 aliphatic carbocycles. The Morgan fingerprint density at radius 1 is 1.86 bits per heavy atom. The third-order valence-electron chi connectivity index (χ3n) is 0.773. The molecule has 0 saturated heterocycles. The number of hydrogen-bond acceptors (Lipinski definition) is 2. The van der Waals surface area contributed by atoms with Crippen molar-refractivity contribution in [2.75, 3.05) is 13.2 Å². The Balaban J connectivity index is 2.83. The minimum Gasteiger partial charge on any atom is -0.389 e. The molecule has 0 spiro atoms. The van der Waals surface area contributed by atoms with Gasteiger partial charge in [-0.2, -0.15) is 0 Å². The van der Waals surface area contributed by atoms with Crippen LogP contribution in [0.5, 0.6) is 0 Å². The van der Waals surface area contributed by atoms with Gasteiger partial charge in [-0.15, -0.1) is 0 Å². The van der Waals surface area contributed by atoms with E-state index >= 15 is 0 Å². The van der Waals surface area contributed by atoms with Gasteiger partial charge in [0.1, 0.15) is 0 Å². The van der Waals surface area contributed by atoms with Crippen LogP contribution in [0.25, 0.3) is 0 Å². The van der Waals surface area contributed by atoms with Crippen LogP contribution in [0.2, 0.25) is 0 Å². The van der Waals surface area contributed by atoms with Crippen molar-refractivity contribution in [3.63, 3.8) is 0 Å². The molecular formula is C4H12NOP. The van der Waals surface area contributed by atoms with Crippen molar-refractivity contribution in [1.82, 2.24) is 0 Å². The monoisotopic (exact) mass is 121 g/mol. The van der Waals surface area contributed by atoms with Crippen molar-refractivity contribution in [3.05, 3.63) is 0 Å².